The molecule has 6 nitrogen and oxygen atoms in total. The number of amides is 2. The Morgan fingerprint density at radius 1 is 1.32 bits per heavy atom. The van der Waals surface area contributed by atoms with E-state index >= 15 is 0 Å². The molecule has 1 unspecified atom stereocenters. The van der Waals surface area contributed by atoms with Gasteiger partial charge in [-0.3, -0.25) is 14.5 Å². The predicted molar refractivity (Wildman–Crippen MR) is 113 cm³/mol. The van der Waals surface area contributed by atoms with E-state index in [2.05, 4.69) is 16.9 Å². The summed E-state index contributed by atoms with van der Waals surface area (Å²) in [6.45, 7) is 5.96. The van der Waals surface area contributed by atoms with Crippen molar-refractivity contribution in [2.45, 2.75) is 18.6 Å². The van der Waals surface area contributed by atoms with Gasteiger partial charge in [-0.25, -0.2) is 4.99 Å². The minimum Gasteiger partial charge on any atom is -0.508 e. The number of phenols is 1. The van der Waals surface area contributed by atoms with Gasteiger partial charge in [-0.05, 0) is 31.2 Å². The highest BCUT2D eigenvalue weighted by Crippen LogP contribution is 2.32. The van der Waals surface area contributed by atoms with Gasteiger partial charge in [-0.1, -0.05) is 41.6 Å². The minimum atomic E-state index is -0.554. The van der Waals surface area contributed by atoms with Gasteiger partial charge in [0.25, 0.3) is 0 Å². The van der Waals surface area contributed by atoms with Crippen LogP contribution < -0.4 is 5.32 Å². The van der Waals surface area contributed by atoms with Crippen LogP contribution in [0.2, 0.25) is 0 Å². The summed E-state index contributed by atoms with van der Waals surface area (Å²) in [4.78, 5) is 31.1. The van der Waals surface area contributed by atoms with Gasteiger partial charge in [0.15, 0.2) is 5.17 Å². The average molecular weight is 395 g/mol. The fourth-order valence-corrected chi connectivity index (χ4v) is 3.88. The summed E-state index contributed by atoms with van der Waals surface area (Å²) in [6, 6.07) is 14.0. The van der Waals surface area contributed by atoms with Gasteiger partial charge in [-0.2, -0.15) is 0 Å². The zero-order valence-electron chi connectivity index (χ0n) is 15.5. The first-order valence-corrected chi connectivity index (χ1v) is 9.67. The number of phenolic OH excluding ortho intramolecular Hbond substituents is 1. The van der Waals surface area contributed by atoms with Gasteiger partial charge >= 0.3 is 0 Å². The molecule has 1 aliphatic rings. The number of rotatable bonds is 6. The lowest BCUT2D eigenvalue weighted by atomic mass is 10.2. The highest BCUT2D eigenvalue weighted by molar-refractivity contribution is 8.15. The molecule has 0 bridgehead atoms. The number of hydrogen-bond donors (Lipinski definition) is 2. The van der Waals surface area contributed by atoms with Crippen LogP contribution in [0.1, 0.15) is 12.0 Å². The number of carbonyl (C=O) groups excluding carboxylic acids is 2. The summed E-state index contributed by atoms with van der Waals surface area (Å²) in [5, 5.41) is 12.4. The minimum absolute atomic E-state index is 0.0457. The van der Waals surface area contributed by atoms with E-state index in [1.54, 1.807) is 24.3 Å². The molecule has 1 fully saturated rings. The fourth-order valence-electron chi connectivity index (χ4n) is 2.71. The predicted octanol–water partition coefficient (Wildman–Crippen LogP) is 3.85. The van der Waals surface area contributed by atoms with Crippen molar-refractivity contribution in [3.05, 3.63) is 66.7 Å². The first-order valence-electron chi connectivity index (χ1n) is 8.79. The molecule has 0 saturated carbocycles. The number of aromatic hydroxyl groups is 1. The summed E-state index contributed by atoms with van der Waals surface area (Å²) in [5.74, 6) is -0.310. The van der Waals surface area contributed by atoms with Crippen molar-refractivity contribution in [2.75, 3.05) is 11.9 Å². The van der Waals surface area contributed by atoms with Crippen molar-refractivity contribution in [3.63, 3.8) is 0 Å². The van der Waals surface area contributed by atoms with Crippen LogP contribution >= 0.6 is 11.8 Å². The zero-order chi connectivity index (χ0) is 20.1. The molecule has 1 atom stereocenters. The summed E-state index contributed by atoms with van der Waals surface area (Å²) in [5.41, 5.74) is 2.34. The van der Waals surface area contributed by atoms with Gasteiger partial charge in [0.05, 0.1) is 5.69 Å². The number of benzene rings is 2. The second-order valence-corrected chi connectivity index (χ2v) is 7.55. The molecule has 1 aliphatic heterocycles. The molecule has 1 heterocycles. The first kappa shape index (κ1) is 19.7. The van der Waals surface area contributed by atoms with Crippen LogP contribution in [0.5, 0.6) is 5.75 Å². The van der Waals surface area contributed by atoms with Crippen molar-refractivity contribution in [2.24, 2.45) is 4.99 Å². The van der Waals surface area contributed by atoms with Crippen LogP contribution in [0.15, 0.2) is 66.2 Å². The third kappa shape index (κ3) is 4.80. The van der Waals surface area contributed by atoms with E-state index in [0.29, 0.717) is 23.1 Å². The van der Waals surface area contributed by atoms with E-state index in [1.165, 1.54) is 22.7 Å². The van der Waals surface area contributed by atoms with Crippen molar-refractivity contribution < 1.29 is 14.7 Å². The summed E-state index contributed by atoms with van der Waals surface area (Å²) < 4.78 is 0. The molecule has 0 spiro atoms. The van der Waals surface area contributed by atoms with E-state index in [4.69, 9.17) is 0 Å². The monoisotopic (exact) mass is 395 g/mol. The molecule has 28 heavy (non-hydrogen) atoms. The number of hydrogen-bond acceptors (Lipinski definition) is 5. The van der Waals surface area contributed by atoms with Gasteiger partial charge in [0.2, 0.25) is 11.8 Å². The highest BCUT2D eigenvalue weighted by atomic mass is 32.2. The van der Waals surface area contributed by atoms with Crippen LogP contribution in [0.4, 0.5) is 11.4 Å². The Hall–Kier alpha value is -3.06. The number of aliphatic imine (C=N–C) groups is 1. The molecule has 2 aromatic rings. The maximum Gasteiger partial charge on any atom is 0.242 e. The Morgan fingerprint density at radius 3 is 2.75 bits per heavy atom. The average Bonchev–Trinajstić information content (AvgIpc) is 2.93. The number of nitrogens with zero attached hydrogens (tertiary/aromatic N) is 2. The molecular formula is C21H21N3O3S. The summed E-state index contributed by atoms with van der Waals surface area (Å²) in [6.07, 6.45) is 1.66. The quantitative estimate of drug-likeness (QED) is 0.728. The van der Waals surface area contributed by atoms with E-state index in [0.717, 1.165) is 5.56 Å². The Balaban J connectivity index is 1.73. The maximum atomic E-state index is 12.7. The van der Waals surface area contributed by atoms with E-state index < -0.39 is 5.25 Å². The third-order valence-electron chi connectivity index (χ3n) is 4.09. The number of amidine groups is 1. The molecule has 0 aliphatic carbocycles. The van der Waals surface area contributed by atoms with Crippen molar-refractivity contribution in [1.82, 2.24) is 4.90 Å². The maximum absolute atomic E-state index is 12.7. The molecule has 7 heteroatoms. The number of thioether (sulfide) groups is 1. The molecule has 1 saturated heterocycles. The zero-order valence-corrected chi connectivity index (χ0v) is 16.3. The topological polar surface area (TPSA) is 82.0 Å². The SMILES string of the molecule is C=CCN1C(=O)C(CC(=O)Nc2ccc(C)cc2)SC1=Nc1cccc(O)c1. The smallest absolute Gasteiger partial charge is 0.242 e. The Morgan fingerprint density at radius 2 is 2.07 bits per heavy atom. The second kappa shape index (κ2) is 8.75. The van der Waals surface area contributed by atoms with Gasteiger partial charge in [-0.15, -0.1) is 6.58 Å². The van der Waals surface area contributed by atoms with Crippen LogP contribution in [0.25, 0.3) is 0 Å². The van der Waals surface area contributed by atoms with Crippen LogP contribution in [0, 0.1) is 6.92 Å². The largest absolute Gasteiger partial charge is 0.508 e. The van der Waals surface area contributed by atoms with Gasteiger partial charge < -0.3 is 10.4 Å². The summed E-state index contributed by atoms with van der Waals surface area (Å²) >= 11 is 1.24. The molecule has 2 aromatic carbocycles. The Kier molecular flexibility index (Phi) is 6.16. The van der Waals surface area contributed by atoms with E-state index in [-0.39, 0.29) is 24.0 Å². The second-order valence-electron chi connectivity index (χ2n) is 6.38. The molecule has 0 aromatic heterocycles. The van der Waals surface area contributed by atoms with Crippen LogP contribution in [0.3, 0.4) is 0 Å². The lowest BCUT2D eigenvalue weighted by Crippen LogP contribution is -2.33. The number of nitrogens with one attached hydrogen (secondary N) is 1. The summed E-state index contributed by atoms with van der Waals surface area (Å²) in [7, 11) is 0. The normalized spacial score (nSPS) is 17.8. The van der Waals surface area contributed by atoms with Gasteiger partial charge in [0, 0.05) is 24.7 Å². The molecule has 0 radical (unpaired) electrons. The Labute approximate surface area is 168 Å². The number of aryl methyl sites for hydroxylation is 1. The lowest BCUT2D eigenvalue weighted by Gasteiger charge is -2.13. The molecule has 2 amide bonds. The molecule has 144 valence electrons. The van der Waals surface area contributed by atoms with E-state index in [9.17, 15) is 14.7 Å². The number of anilines is 1. The van der Waals surface area contributed by atoms with Crippen molar-refractivity contribution >= 4 is 40.1 Å². The third-order valence-corrected chi connectivity index (χ3v) is 5.27. The fraction of sp³-hybridized carbons (Fsp3) is 0.190. The Bertz CT molecular complexity index is 925. The van der Waals surface area contributed by atoms with Gasteiger partial charge in [0.1, 0.15) is 11.0 Å². The van der Waals surface area contributed by atoms with Crippen molar-refractivity contribution in [1.29, 1.82) is 0 Å². The first-order chi connectivity index (χ1) is 13.5. The molecule has 3 rings (SSSR count). The molecule has 2 N–H and O–H groups in total. The van der Waals surface area contributed by atoms with Crippen molar-refractivity contribution in [3.8, 4) is 5.75 Å². The highest BCUT2D eigenvalue weighted by Gasteiger charge is 2.38. The van der Waals surface area contributed by atoms with E-state index in [1.807, 2.05) is 31.2 Å². The lowest BCUT2D eigenvalue weighted by molar-refractivity contribution is -0.127. The van der Waals surface area contributed by atoms with Crippen LogP contribution in [-0.2, 0) is 9.59 Å². The van der Waals surface area contributed by atoms with Crippen LogP contribution in [-0.4, -0.2) is 38.8 Å². The standard InChI is InChI=1S/C21H21N3O3S/c1-3-11-24-20(27)18(13-19(26)22-15-9-7-14(2)8-10-15)28-21(24)23-16-5-4-6-17(25)12-16/h3-10,12,18,25H,1,11,13H2,2H3,(H,22,26). The number of carbonyl (C=O) groups is 2. The molecular weight excluding hydrogens is 374 g/mol.